The molecule has 5 heteroatoms. The number of benzene rings is 1. The number of rotatable bonds is 7. The third kappa shape index (κ3) is 4.13. The van der Waals surface area contributed by atoms with E-state index < -0.39 is 0 Å². The number of thiazole rings is 1. The van der Waals surface area contributed by atoms with Crippen molar-refractivity contribution in [2.75, 3.05) is 11.9 Å². The summed E-state index contributed by atoms with van der Waals surface area (Å²) in [6.07, 6.45) is 2.60. The van der Waals surface area contributed by atoms with Gasteiger partial charge in [0.1, 0.15) is 5.82 Å². The second-order valence-corrected chi connectivity index (χ2v) is 5.39. The molecule has 0 radical (unpaired) electrons. The lowest BCUT2D eigenvalue weighted by Crippen LogP contribution is -2.04. The lowest BCUT2D eigenvalue weighted by atomic mass is 10.2. The van der Waals surface area contributed by atoms with Crippen molar-refractivity contribution in [1.29, 1.82) is 5.41 Å². The Bertz CT molecular complexity index is 563. The highest BCUT2D eigenvalue weighted by Crippen LogP contribution is 2.24. The van der Waals surface area contributed by atoms with Crippen molar-refractivity contribution in [3.63, 3.8) is 0 Å². The van der Waals surface area contributed by atoms with Crippen LogP contribution in [0, 0.1) is 11.2 Å². The molecule has 2 rings (SSSR count). The van der Waals surface area contributed by atoms with Gasteiger partial charge in [0, 0.05) is 23.2 Å². The maximum absolute atomic E-state index is 12.9. The first-order chi connectivity index (χ1) is 9.69. The number of nitrogens with zero attached hydrogens (tertiary/aromatic N) is 1. The fourth-order valence-electron chi connectivity index (χ4n) is 1.78. The molecular weight excluding hydrogens is 273 g/mol. The fourth-order valence-corrected chi connectivity index (χ4v) is 2.53. The summed E-state index contributed by atoms with van der Waals surface area (Å²) < 4.78 is 12.9. The summed E-state index contributed by atoms with van der Waals surface area (Å²) in [4.78, 5) is 4.48. The molecule has 0 aliphatic carbocycles. The van der Waals surface area contributed by atoms with Crippen LogP contribution in [-0.2, 0) is 0 Å². The number of hydrogen-bond donors (Lipinski definition) is 2. The van der Waals surface area contributed by atoms with Gasteiger partial charge in [0.2, 0.25) is 0 Å². The first kappa shape index (κ1) is 14.7. The van der Waals surface area contributed by atoms with Crippen LogP contribution in [0.25, 0.3) is 11.3 Å². The summed E-state index contributed by atoms with van der Waals surface area (Å²) in [6, 6.07) is 6.35. The summed E-state index contributed by atoms with van der Waals surface area (Å²) in [6.45, 7) is 2.82. The molecule has 1 heterocycles. The van der Waals surface area contributed by atoms with Crippen LogP contribution in [0.5, 0.6) is 0 Å². The Morgan fingerprint density at radius 1 is 1.35 bits per heavy atom. The molecule has 2 aromatic rings. The molecule has 2 N–H and O–H groups in total. The molecule has 0 saturated carbocycles. The first-order valence-electron chi connectivity index (χ1n) is 6.70. The Morgan fingerprint density at radius 2 is 2.10 bits per heavy atom. The van der Waals surface area contributed by atoms with Crippen molar-refractivity contribution in [2.24, 2.45) is 0 Å². The van der Waals surface area contributed by atoms with Gasteiger partial charge in [0.25, 0.3) is 0 Å². The monoisotopic (exact) mass is 291 g/mol. The van der Waals surface area contributed by atoms with Crippen LogP contribution in [0.2, 0.25) is 0 Å². The van der Waals surface area contributed by atoms with E-state index in [-0.39, 0.29) is 5.82 Å². The van der Waals surface area contributed by atoms with Gasteiger partial charge in [-0.1, -0.05) is 6.92 Å². The fraction of sp³-hybridized carbons (Fsp3) is 0.333. The standard InChI is InChI=1S/C15H18FN3S/c1-2-13(17)4-3-9-18-15-19-14(10-20-15)11-5-7-12(16)8-6-11/h5-8,10,17H,2-4,9H2,1H3,(H,18,19). The highest BCUT2D eigenvalue weighted by molar-refractivity contribution is 7.14. The molecule has 0 aliphatic heterocycles. The molecule has 0 fully saturated rings. The van der Waals surface area contributed by atoms with Gasteiger partial charge in [-0.05, 0) is 43.5 Å². The van der Waals surface area contributed by atoms with E-state index >= 15 is 0 Å². The minimum Gasteiger partial charge on any atom is -0.361 e. The maximum Gasteiger partial charge on any atom is 0.183 e. The van der Waals surface area contributed by atoms with Gasteiger partial charge < -0.3 is 10.7 Å². The van der Waals surface area contributed by atoms with Gasteiger partial charge in [-0.3, -0.25) is 0 Å². The molecule has 0 bridgehead atoms. The van der Waals surface area contributed by atoms with Gasteiger partial charge in [-0.25, -0.2) is 9.37 Å². The van der Waals surface area contributed by atoms with Crippen molar-refractivity contribution in [1.82, 2.24) is 4.98 Å². The molecular formula is C15H18FN3S. The topological polar surface area (TPSA) is 48.8 Å². The van der Waals surface area contributed by atoms with E-state index in [1.807, 2.05) is 12.3 Å². The molecule has 0 aliphatic rings. The van der Waals surface area contributed by atoms with Gasteiger partial charge in [0.05, 0.1) is 5.69 Å². The first-order valence-corrected chi connectivity index (χ1v) is 7.58. The van der Waals surface area contributed by atoms with Crippen LogP contribution >= 0.6 is 11.3 Å². The molecule has 20 heavy (non-hydrogen) atoms. The molecule has 1 aromatic carbocycles. The normalized spacial score (nSPS) is 10.5. The third-order valence-electron chi connectivity index (χ3n) is 3.00. The summed E-state index contributed by atoms with van der Waals surface area (Å²) in [5.41, 5.74) is 2.57. The molecule has 0 spiro atoms. The SMILES string of the molecule is CCC(=N)CCCNc1nc(-c2ccc(F)cc2)cs1. The Morgan fingerprint density at radius 3 is 2.80 bits per heavy atom. The van der Waals surface area contributed by atoms with Crippen LogP contribution in [0.15, 0.2) is 29.6 Å². The van der Waals surface area contributed by atoms with E-state index in [0.717, 1.165) is 47.9 Å². The van der Waals surface area contributed by atoms with Gasteiger partial charge in [-0.2, -0.15) is 0 Å². The van der Waals surface area contributed by atoms with E-state index in [2.05, 4.69) is 10.3 Å². The predicted octanol–water partition coefficient (Wildman–Crippen LogP) is 4.57. The Kier molecular flexibility index (Phi) is 5.24. The van der Waals surface area contributed by atoms with Gasteiger partial charge in [0.15, 0.2) is 5.13 Å². The quantitative estimate of drug-likeness (QED) is 0.580. The van der Waals surface area contributed by atoms with Gasteiger partial charge in [-0.15, -0.1) is 11.3 Å². The number of aromatic nitrogens is 1. The van der Waals surface area contributed by atoms with Crippen LogP contribution in [0.4, 0.5) is 9.52 Å². The van der Waals surface area contributed by atoms with Crippen LogP contribution in [0.1, 0.15) is 26.2 Å². The van der Waals surface area contributed by atoms with E-state index in [1.165, 1.54) is 12.1 Å². The summed E-state index contributed by atoms with van der Waals surface area (Å²) >= 11 is 1.54. The van der Waals surface area contributed by atoms with E-state index in [0.29, 0.717) is 0 Å². The Labute approximate surface area is 122 Å². The van der Waals surface area contributed by atoms with Crippen LogP contribution in [-0.4, -0.2) is 17.2 Å². The molecule has 1 aromatic heterocycles. The molecule has 0 saturated heterocycles. The smallest absolute Gasteiger partial charge is 0.183 e. The van der Waals surface area contributed by atoms with Crippen molar-refractivity contribution < 1.29 is 4.39 Å². The average Bonchev–Trinajstić information content (AvgIpc) is 2.93. The maximum atomic E-state index is 12.9. The number of halogens is 1. The predicted molar refractivity (Wildman–Crippen MR) is 83.2 cm³/mol. The van der Waals surface area contributed by atoms with Crippen molar-refractivity contribution in [3.05, 3.63) is 35.5 Å². The highest BCUT2D eigenvalue weighted by Gasteiger charge is 2.04. The molecule has 3 nitrogen and oxygen atoms in total. The molecule has 106 valence electrons. The third-order valence-corrected chi connectivity index (χ3v) is 3.80. The van der Waals surface area contributed by atoms with E-state index in [4.69, 9.17) is 5.41 Å². The largest absolute Gasteiger partial charge is 0.361 e. The van der Waals surface area contributed by atoms with Crippen molar-refractivity contribution in [2.45, 2.75) is 26.2 Å². The Hall–Kier alpha value is -1.75. The summed E-state index contributed by atoms with van der Waals surface area (Å²) in [7, 11) is 0. The second-order valence-electron chi connectivity index (χ2n) is 4.53. The van der Waals surface area contributed by atoms with E-state index in [9.17, 15) is 4.39 Å². The minimum atomic E-state index is -0.235. The number of nitrogens with one attached hydrogen (secondary N) is 2. The highest BCUT2D eigenvalue weighted by atomic mass is 32.1. The van der Waals surface area contributed by atoms with Crippen LogP contribution < -0.4 is 5.32 Å². The average molecular weight is 291 g/mol. The molecule has 0 unspecified atom stereocenters. The molecule has 0 atom stereocenters. The lowest BCUT2D eigenvalue weighted by Gasteiger charge is -2.02. The summed E-state index contributed by atoms with van der Waals surface area (Å²) in [5.74, 6) is -0.235. The molecule has 0 amide bonds. The van der Waals surface area contributed by atoms with E-state index in [1.54, 1.807) is 23.5 Å². The number of hydrogen-bond acceptors (Lipinski definition) is 4. The zero-order valence-corrected chi connectivity index (χ0v) is 12.3. The number of anilines is 1. The van der Waals surface area contributed by atoms with Crippen molar-refractivity contribution >= 4 is 22.2 Å². The Balaban J connectivity index is 1.86. The minimum absolute atomic E-state index is 0.235. The second kappa shape index (κ2) is 7.14. The van der Waals surface area contributed by atoms with Crippen LogP contribution in [0.3, 0.4) is 0 Å². The van der Waals surface area contributed by atoms with Crippen molar-refractivity contribution in [3.8, 4) is 11.3 Å². The zero-order chi connectivity index (χ0) is 14.4. The zero-order valence-electron chi connectivity index (χ0n) is 11.4. The lowest BCUT2D eigenvalue weighted by molar-refractivity contribution is 0.628. The van der Waals surface area contributed by atoms with Gasteiger partial charge >= 0.3 is 0 Å². The summed E-state index contributed by atoms with van der Waals surface area (Å²) in [5, 5.41) is 13.7.